The van der Waals surface area contributed by atoms with Gasteiger partial charge in [-0.1, -0.05) is 64.8 Å². The second-order valence-electron chi connectivity index (χ2n) is 10.4. The minimum Gasteiger partial charge on any atom is -0.494 e. The molecule has 0 bridgehead atoms. The lowest BCUT2D eigenvalue weighted by molar-refractivity contribution is -0.134. The number of esters is 1. The topological polar surface area (TPSA) is 61.3 Å². The van der Waals surface area contributed by atoms with Crippen LogP contribution in [0.1, 0.15) is 86.8 Å². The molecule has 0 aliphatic rings. The number of nitrogens with zero attached hydrogens (tertiary/aromatic N) is 2. The van der Waals surface area contributed by atoms with Crippen molar-refractivity contribution < 1.29 is 14.3 Å². The van der Waals surface area contributed by atoms with E-state index >= 15 is 0 Å². The van der Waals surface area contributed by atoms with Crippen LogP contribution in [0.5, 0.6) is 5.75 Å². The summed E-state index contributed by atoms with van der Waals surface area (Å²) in [4.78, 5) is 14.0. The van der Waals surface area contributed by atoms with Crippen molar-refractivity contribution in [2.45, 2.75) is 71.6 Å². The third-order valence-electron chi connectivity index (χ3n) is 6.81. The Morgan fingerprint density at radius 3 is 2.38 bits per heavy atom. The molecule has 0 amide bonds. The normalized spacial score (nSPS) is 11.8. The Kier molecular flexibility index (Phi) is 10.3. The Balaban J connectivity index is 1.30. The number of carbonyl (C=O) groups is 1. The molecule has 0 N–H and O–H groups in total. The van der Waals surface area contributed by atoms with Gasteiger partial charge >= 0.3 is 5.97 Å². The van der Waals surface area contributed by atoms with Gasteiger partial charge in [0.05, 0.1) is 25.4 Å². The minimum atomic E-state index is -0.361. The maximum absolute atomic E-state index is 11.2. The van der Waals surface area contributed by atoms with Gasteiger partial charge in [-0.05, 0) is 72.1 Å². The highest BCUT2D eigenvalue weighted by molar-refractivity contribution is 7.16. The first-order valence-electron chi connectivity index (χ1n) is 13.7. The first-order valence-corrected chi connectivity index (χ1v) is 15.3. The second kappa shape index (κ2) is 13.9. The number of hydrogen-bond donors (Lipinski definition) is 0. The van der Waals surface area contributed by atoms with Gasteiger partial charge < -0.3 is 9.47 Å². The first kappa shape index (κ1) is 29.0. The zero-order valence-electron chi connectivity index (χ0n) is 23.5. The molecule has 39 heavy (non-hydrogen) atoms. The molecule has 2 aromatic carbocycles. The summed E-state index contributed by atoms with van der Waals surface area (Å²) in [6.45, 7) is 9.68. The molecule has 0 unspecified atom stereocenters. The van der Waals surface area contributed by atoms with Gasteiger partial charge in [-0.15, -0.1) is 11.3 Å². The molecule has 7 heteroatoms. The molecule has 4 rings (SSSR count). The van der Waals surface area contributed by atoms with Gasteiger partial charge in [0.1, 0.15) is 16.8 Å². The number of carbonyl (C=O) groups excluding carboxylic acids is 1. The van der Waals surface area contributed by atoms with Crippen LogP contribution in [0.4, 0.5) is 0 Å². The maximum atomic E-state index is 11.2. The molecule has 206 valence electrons. The molecular weight excluding hydrogens is 524 g/mol. The molecule has 5 nitrogen and oxygen atoms in total. The van der Waals surface area contributed by atoms with Crippen LogP contribution in [0, 0.1) is 0 Å². The third kappa shape index (κ3) is 7.55. The third-order valence-corrected chi connectivity index (χ3v) is 8.85. The molecule has 2 aromatic heterocycles. The summed E-state index contributed by atoms with van der Waals surface area (Å²) in [5.74, 6) is 1.43. The molecule has 0 fully saturated rings. The predicted molar refractivity (Wildman–Crippen MR) is 164 cm³/mol. The van der Waals surface area contributed by atoms with Crippen LogP contribution in [0.15, 0.2) is 48.5 Å². The number of thiophene rings is 1. The van der Waals surface area contributed by atoms with Crippen LogP contribution in [0.25, 0.3) is 27.6 Å². The van der Waals surface area contributed by atoms with Gasteiger partial charge in [0, 0.05) is 21.4 Å². The van der Waals surface area contributed by atoms with Crippen LogP contribution in [-0.4, -0.2) is 28.4 Å². The highest BCUT2D eigenvalue weighted by Gasteiger charge is 2.19. The molecule has 0 saturated heterocycles. The summed E-state index contributed by atoms with van der Waals surface area (Å²) in [5, 5.41) is 0. The van der Waals surface area contributed by atoms with Crippen molar-refractivity contribution >= 4 is 46.1 Å². The van der Waals surface area contributed by atoms with Crippen molar-refractivity contribution in [3.8, 4) is 16.2 Å². The smallest absolute Gasteiger partial charge is 0.330 e. The Labute approximate surface area is 240 Å². The fraction of sp³-hybridized carbons (Fsp3) is 0.406. The number of fused-ring (bicyclic) bond motifs is 1. The first-order chi connectivity index (χ1) is 18.9. The van der Waals surface area contributed by atoms with Crippen LogP contribution in [0.3, 0.4) is 0 Å². The lowest BCUT2D eigenvalue weighted by atomic mass is 9.96. The fourth-order valence-corrected chi connectivity index (χ4v) is 6.37. The second-order valence-corrected chi connectivity index (χ2v) is 12.0. The molecule has 0 spiro atoms. The number of aromatic nitrogens is 2. The summed E-state index contributed by atoms with van der Waals surface area (Å²) in [5.41, 5.74) is 6.99. The number of aryl methyl sites for hydroxylation is 1. The van der Waals surface area contributed by atoms with Gasteiger partial charge in [-0.2, -0.15) is 8.75 Å². The van der Waals surface area contributed by atoms with Gasteiger partial charge in [0.25, 0.3) is 0 Å². The number of ether oxygens (including phenoxy) is 2. The molecule has 0 aliphatic carbocycles. The summed E-state index contributed by atoms with van der Waals surface area (Å²) in [6, 6.07) is 14.7. The highest BCUT2D eigenvalue weighted by Crippen LogP contribution is 2.41. The van der Waals surface area contributed by atoms with E-state index in [9.17, 15) is 4.79 Å². The zero-order chi connectivity index (χ0) is 27.8. The van der Waals surface area contributed by atoms with Crippen molar-refractivity contribution in [3.63, 3.8) is 0 Å². The average Bonchev–Trinajstić information content (AvgIpc) is 3.59. The van der Waals surface area contributed by atoms with E-state index in [0.29, 0.717) is 18.4 Å². The van der Waals surface area contributed by atoms with E-state index in [4.69, 9.17) is 9.11 Å². The van der Waals surface area contributed by atoms with Crippen LogP contribution in [-0.2, 0) is 16.0 Å². The maximum Gasteiger partial charge on any atom is 0.330 e. The Morgan fingerprint density at radius 2 is 1.67 bits per heavy atom. The van der Waals surface area contributed by atoms with Crippen LogP contribution >= 0.6 is 23.1 Å². The number of rotatable bonds is 13. The lowest BCUT2D eigenvalue weighted by Gasteiger charge is -2.10. The van der Waals surface area contributed by atoms with E-state index in [1.165, 1.54) is 57.8 Å². The van der Waals surface area contributed by atoms with Gasteiger partial charge in [0.2, 0.25) is 0 Å². The van der Waals surface area contributed by atoms with E-state index in [-0.39, 0.29) is 5.97 Å². The molecule has 0 saturated carbocycles. The van der Waals surface area contributed by atoms with Crippen molar-refractivity contribution in [2.24, 2.45) is 0 Å². The minimum absolute atomic E-state index is 0.361. The van der Waals surface area contributed by atoms with E-state index in [1.807, 2.05) is 35.6 Å². The molecule has 4 aromatic rings. The average molecular weight is 563 g/mol. The van der Waals surface area contributed by atoms with Gasteiger partial charge in [-0.25, -0.2) is 4.79 Å². The van der Waals surface area contributed by atoms with E-state index in [1.54, 1.807) is 6.08 Å². The lowest BCUT2D eigenvalue weighted by Crippen LogP contribution is -1.97. The van der Waals surface area contributed by atoms with Gasteiger partial charge in [-0.3, -0.25) is 0 Å². The number of hydrogen-bond acceptors (Lipinski definition) is 7. The van der Waals surface area contributed by atoms with Crippen LogP contribution in [0.2, 0.25) is 0 Å². The molecule has 0 atom stereocenters. The largest absolute Gasteiger partial charge is 0.494 e. The van der Waals surface area contributed by atoms with E-state index in [0.717, 1.165) is 48.0 Å². The Morgan fingerprint density at radius 1 is 0.923 bits per heavy atom. The fourth-order valence-electron chi connectivity index (χ4n) is 4.55. The SMILES string of the molecule is COC(=O)/C=C/c1ccc(OCCCCCCc2cc(C(C)C)sc2-c2ccc(C(C)C)c3nsnc23)cc1. The van der Waals surface area contributed by atoms with Crippen molar-refractivity contribution in [1.29, 1.82) is 0 Å². The Hall–Kier alpha value is -3.03. The molecule has 0 aliphatic heterocycles. The summed E-state index contributed by atoms with van der Waals surface area (Å²) in [6.07, 6.45) is 8.72. The summed E-state index contributed by atoms with van der Waals surface area (Å²) in [7, 11) is 1.37. The predicted octanol–water partition coefficient (Wildman–Crippen LogP) is 9.03. The molecule has 2 heterocycles. The Bertz CT molecular complexity index is 1400. The number of unbranched alkanes of at least 4 members (excludes halogenated alkanes) is 3. The highest BCUT2D eigenvalue weighted by atomic mass is 32.1. The van der Waals surface area contributed by atoms with E-state index in [2.05, 4.69) is 55.0 Å². The molecular formula is C32H38N2O3S2. The van der Waals surface area contributed by atoms with Crippen molar-refractivity contribution in [1.82, 2.24) is 8.75 Å². The van der Waals surface area contributed by atoms with Crippen LogP contribution < -0.4 is 4.74 Å². The number of methoxy groups -OCH3 is 1. The number of benzene rings is 2. The quantitative estimate of drug-likeness (QED) is 0.0924. The molecule has 0 radical (unpaired) electrons. The summed E-state index contributed by atoms with van der Waals surface area (Å²) < 4.78 is 19.9. The zero-order valence-corrected chi connectivity index (χ0v) is 25.2. The van der Waals surface area contributed by atoms with E-state index < -0.39 is 0 Å². The standard InChI is InChI=1S/C32H38N2O3S2/c1-21(2)26-16-17-27(31-30(26)33-39-34-31)32-24(20-28(38-32)22(3)4)10-8-6-7-9-19-37-25-14-11-23(12-15-25)13-18-29(35)36-5/h11-18,20-22H,6-10,19H2,1-5H3/b18-13+. The van der Waals surface area contributed by atoms with Crippen molar-refractivity contribution in [3.05, 3.63) is 70.1 Å². The monoisotopic (exact) mass is 562 g/mol. The van der Waals surface area contributed by atoms with Gasteiger partial charge in [0.15, 0.2) is 0 Å². The van der Waals surface area contributed by atoms with Crippen molar-refractivity contribution in [2.75, 3.05) is 13.7 Å². The summed E-state index contributed by atoms with van der Waals surface area (Å²) >= 11 is 3.24.